The van der Waals surface area contributed by atoms with Crippen molar-refractivity contribution in [2.75, 3.05) is 31.8 Å². The minimum Gasteiger partial charge on any atom is -0.467 e. The van der Waals surface area contributed by atoms with E-state index in [1.54, 1.807) is 13.1 Å². The van der Waals surface area contributed by atoms with Crippen LogP contribution in [0.2, 0.25) is 0 Å². The molecule has 0 bridgehead atoms. The number of hydrogen-bond acceptors (Lipinski definition) is 6. The van der Waals surface area contributed by atoms with Crippen molar-refractivity contribution in [2.24, 2.45) is 5.92 Å². The van der Waals surface area contributed by atoms with Gasteiger partial charge in [0.1, 0.15) is 11.3 Å². The lowest BCUT2D eigenvalue weighted by Gasteiger charge is -2.23. The zero-order valence-corrected chi connectivity index (χ0v) is 12.5. The van der Waals surface area contributed by atoms with E-state index in [0.717, 1.165) is 19.6 Å². The van der Waals surface area contributed by atoms with Crippen LogP contribution >= 0.6 is 0 Å². The van der Waals surface area contributed by atoms with Gasteiger partial charge in [-0.15, -0.1) is 0 Å². The van der Waals surface area contributed by atoms with Gasteiger partial charge in [0.05, 0.1) is 31.4 Å². The van der Waals surface area contributed by atoms with Crippen LogP contribution in [0.4, 0.5) is 10.2 Å². The number of pyridine rings is 1. The van der Waals surface area contributed by atoms with Crippen molar-refractivity contribution >= 4 is 16.7 Å². The van der Waals surface area contributed by atoms with E-state index in [4.69, 9.17) is 9.47 Å². The van der Waals surface area contributed by atoms with Crippen LogP contribution in [0.1, 0.15) is 12.1 Å². The minimum absolute atomic E-state index is 0.175. The fraction of sp³-hybridized carbons (Fsp3) is 0.533. The monoisotopic (exact) mass is 304 g/mol. The summed E-state index contributed by atoms with van der Waals surface area (Å²) in [6, 6.07) is 0.573. The summed E-state index contributed by atoms with van der Waals surface area (Å²) in [5.41, 5.74) is 0.583. The van der Waals surface area contributed by atoms with Gasteiger partial charge in [0.15, 0.2) is 5.82 Å². The molecule has 1 aliphatic carbocycles. The Hall–Kier alpha value is -2.02. The molecule has 2 aromatic heterocycles. The standard InChI is InChI=1S/C15H17FN4O2/c1-8-12(16)13-10(6-17-8)14(19-15(18-13)21-2)20-3-4-22-7-9-5-11(9)20/h6,9,11H,3-5,7H2,1-2H3/t9-,11-/m1/s1. The maximum Gasteiger partial charge on any atom is 0.318 e. The molecule has 116 valence electrons. The van der Waals surface area contributed by atoms with E-state index in [2.05, 4.69) is 19.9 Å². The third-order valence-corrected chi connectivity index (χ3v) is 4.37. The van der Waals surface area contributed by atoms with Crippen molar-refractivity contribution in [1.29, 1.82) is 0 Å². The topological polar surface area (TPSA) is 60.4 Å². The number of methoxy groups -OCH3 is 1. The molecular formula is C15H17FN4O2. The van der Waals surface area contributed by atoms with E-state index < -0.39 is 5.82 Å². The van der Waals surface area contributed by atoms with Gasteiger partial charge < -0.3 is 14.4 Å². The molecule has 0 unspecified atom stereocenters. The smallest absolute Gasteiger partial charge is 0.318 e. The zero-order chi connectivity index (χ0) is 15.3. The van der Waals surface area contributed by atoms with Crippen LogP contribution in [0.3, 0.4) is 0 Å². The van der Waals surface area contributed by atoms with Gasteiger partial charge in [-0.1, -0.05) is 0 Å². The molecule has 0 amide bonds. The molecule has 7 heteroatoms. The average Bonchev–Trinajstić information content (AvgIpc) is 3.30. The molecule has 2 fully saturated rings. The second-order valence-electron chi connectivity index (χ2n) is 5.79. The lowest BCUT2D eigenvalue weighted by molar-refractivity contribution is 0.139. The summed E-state index contributed by atoms with van der Waals surface area (Å²) in [4.78, 5) is 14.9. The number of rotatable bonds is 2. The number of halogens is 1. The third-order valence-electron chi connectivity index (χ3n) is 4.37. The maximum absolute atomic E-state index is 14.4. The number of aryl methyl sites for hydroxylation is 1. The SMILES string of the molecule is COc1nc(N2CCOC[C@H]3C[C@H]32)c2cnc(C)c(F)c2n1. The molecule has 4 rings (SSSR count). The van der Waals surface area contributed by atoms with Crippen LogP contribution in [0.25, 0.3) is 10.9 Å². The fourth-order valence-electron chi connectivity index (χ4n) is 3.04. The molecular weight excluding hydrogens is 287 g/mol. The highest BCUT2D eigenvalue weighted by atomic mass is 19.1. The van der Waals surface area contributed by atoms with E-state index in [1.165, 1.54) is 7.11 Å². The molecule has 0 radical (unpaired) electrons. The minimum atomic E-state index is -0.419. The summed E-state index contributed by atoms with van der Waals surface area (Å²) in [6.07, 6.45) is 2.72. The summed E-state index contributed by atoms with van der Waals surface area (Å²) < 4.78 is 25.2. The van der Waals surface area contributed by atoms with Crippen LogP contribution in [-0.4, -0.2) is 47.9 Å². The number of ether oxygens (including phenoxy) is 2. The normalized spacial score (nSPS) is 24.0. The number of anilines is 1. The van der Waals surface area contributed by atoms with Gasteiger partial charge in [-0.25, -0.2) is 4.39 Å². The Morgan fingerprint density at radius 2 is 2.27 bits per heavy atom. The molecule has 0 spiro atoms. The number of fused-ring (bicyclic) bond motifs is 2. The highest BCUT2D eigenvalue weighted by Crippen LogP contribution is 2.41. The first-order chi connectivity index (χ1) is 10.7. The van der Waals surface area contributed by atoms with E-state index in [-0.39, 0.29) is 11.5 Å². The van der Waals surface area contributed by atoms with Gasteiger partial charge >= 0.3 is 6.01 Å². The summed E-state index contributed by atoms with van der Waals surface area (Å²) in [5, 5.41) is 0.622. The van der Waals surface area contributed by atoms with Gasteiger partial charge in [-0.05, 0) is 13.3 Å². The average molecular weight is 304 g/mol. The molecule has 0 aromatic carbocycles. The first-order valence-corrected chi connectivity index (χ1v) is 7.40. The summed E-state index contributed by atoms with van der Waals surface area (Å²) in [7, 11) is 1.49. The molecule has 3 heterocycles. The maximum atomic E-state index is 14.4. The van der Waals surface area contributed by atoms with Gasteiger partial charge in [0.25, 0.3) is 0 Å². The van der Waals surface area contributed by atoms with E-state index >= 15 is 0 Å². The Morgan fingerprint density at radius 3 is 3.09 bits per heavy atom. The lowest BCUT2D eigenvalue weighted by Crippen LogP contribution is -2.30. The second kappa shape index (κ2) is 5.01. The van der Waals surface area contributed by atoms with E-state index in [9.17, 15) is 4.39 Å². The Kier molecular flexibility index (Phi) is 3.11. The number of hydrogen-bond donors (Lipinski definition) is 0. The van der Waals surface area contributed by atoms with Crippen molar-refractivity contribution in [2.45, 2.75) is 19.4 Å². The molecule has 2 aliphatic rings. The second-order valence-corrected chi connectivity index (χ2v) is 5.79. The van der Waals surface area contributed by atoms with Gasteiger partial charge in [0, 0.05) is 24.7 Å². The number of aromatic nitrogens is 3. The predicted molar refractivity (Wildman–Crippen MR) is 78.6 cm³/mol. The first kappa shape index (κ1) is 13.6. The zero-order valence-electron chi connectivity index (χ0n) is 12.5. The molecule has 22 heavy (non-hydrogen) atoms. The highest BCUT2D eigenvalue weighted by Gasteiger charge is 2.44. The van der Waals surface area contributed by atoms with Gasteiger partial charge in [-0.3, -0.25) is 4.98 Å². The fourth-order valence-corrected chi connectivity index (χ4v) is 3.04. The van der Waals surface area contributed by atoms with E-state index in [1.807, 2.05) is 0 Å². The van der Waals surface area contributed by atoms with Crippen molar-refractivity contribution in [3.63, 3.8) is 0 Å². The molecule has 2 atom stereocenters. The lowest BCUT2D eigenvalue weighted by atomic mass is 10.2. The Labute approximate surface area is 127 Å². The van der Waals surface area contributed by atoms with Crippen molar-refractivity contribution in [3.8, 4) is 6.01 Å². The highest BCUT2D eigenvalue weighted by molar-refractivity contribution is 5.90. The summed E-state index contributed by atoms with van der Waals surface area (Å²) in [5.74, 6) is 0.797. The summed E-state index contributed by atoms with van der Waals surface area (Å²) in [6.45, 7) is 3.78. The predicted octanol–water partition coefficient (Wildman–Crippen LogP) is 1.71. The van der Waals surface area contributed by atoms with Gasteiger partial charge in [0.2, 0.25) is 0 Å². The quantitative estimate of drug-likeness (QED) is 0.842. The largest absolute Gasteiger partial charge is 0.467 e. The van der Waals surface area contributed by atoms with Crippen molar-refractivity contribution < 1.29 is 13.9 Å². The van der Waals surface area contributed by atoms with Crippen LogP contribution in [0.5, 0.6) is 6.01 Å². The third kappa shape index (κ3) is 2.08. The van der Waals surface area contributed by atoms with Crippen LogP contribution in [0, 0.1) is 18.7 Å². The molecule has 0 N–H and O–H groups in total. The molecule has 1 aliphatic heterocycles. The van der Waals surface area contributed by atoms with Crippen LogP contribution < -0.4 is 9.64 Å². The summed E-state index contributed by atoms with van der Waals surface area (Å²) >= 11 is 0. The Balaban J connectivity index is 1.90. The molecule has 2 aromatic rings. The van der Waals surface area contributed by atoms with Crippen molar-refractivity contribution in [3.05, 3.63) is 17.7 Å². The van der Waals surface area contributed by atoms with Crippen LogP contribution in [0.15, 0.2) is 6.20 Å². The first-order valence-electron chi connectivity index (χ1n) is 7.40. The molecule has 1 saturated heterocycles. The number of nitrogens with zero attached hydrogens (tertiary/aromatic N) is 4. The molecule has 6 nitrogen and oxygen atoms in total. The Bertz CT molecular complexity index is 739. The van der Waals surface area contributed by atoms with Crippen molar-refractivity contribution in [1.82, 2.24) is 15.0 Å². The van der Waals surface area contributed by atoms with Crippen LogP contribution in [-0.2, 0) is 4.74 Å². The van der Waals surface area contributed by atoms with E-state index in [0.29, 0.717) is 35.5 Å². The Morgan fingerprint density at radius 1 is 1.41 bits per heavy atom. The van der Waals surface area contributed by atoms with Gasteiger partial charge in [-0.2, -0.15) is 9.97 Å². The molecule has 1 saturated carbocycles.